The van der Waals surface area contributed by atoms with Crippen LogP contribution in [0.15, 0.2) is 6.07 Å². The lowest BCUT2D eigenvalue weighted by atomic mass is 10.2. The van der Waals surface area contributed by atoms with Crippen molar-refractivity contribution in [2.75, 3.05) is 20.3 Å². The van der Waals surface area contributed by atoms with E-state index in [2.05, 4.69) is 30.5 Å². The van der Waals surface area contributed by atoms with Crippen LogP contribution < -0.4 is 10.6 Å². The minimum Gasteiger partial charge on any atom is -0.385 e. The van der Waals surface area contributed by atoms with E-state index >= 15 is 0 Å². The number of carbonyl (C=O) groups excluding carboxylic acids is 1. The van der Waals surface area contributed by atoms with Crippen molar-refractivity contribution in [3.8, 4) is 0 Å². The summed E-state index contributed by atoms with van der Waals surface area (Å²) < 4.78 is 4.94. The lowest BCUT2D eigenvalue weighted by Crippen LogP contribution is -2.42. The zero-order chi connectivity index (χ0) is 14.3. The number of hydrogen-bond donors (Lipinski definition) is 2. The predicted molar refractivity (Wildman–Crippen MR) is 79.6 cm³/mol. The van der Waals surface area contributed by atoms with Crippen LogP contribution in [0, 0.1) is 13.8 Å². The van der Waals surface area contributed by atoms with Crippen LogP contribution in [-0.4, -0.2) is 32.2 Å². The second kappa shape index (κ2) is 8.30. The summed E-state index contributed by atoms with van der Waals surface area (Å²) in [6.45, 7) is 8.20. The van der Waals surface area contributed by atoms with Crippen molar-refractivity contribution in [1.29, 1.82) is 0 Å². The Morgan fingerprint density at radius 3 is 2.79 bits per heavy atom. The SMILES string of the molecule is COCCCNC(=O)C(C)NCc1cc(C)c(C)s1. The van der Waals surface area contributed by atoms with Crippen molar-refractivity contribution < 1.29 is 9.53 Å². The lowest BCUT2D eigenvalue weighted by molar-refractivity contribution is -0.122. The van der Waals surface area contributed by atoms with Gasteiger partial charge in [0, 0.05) is 36.6 Å². The number of ether oxygens (including phenoxy) is 1. The van der Waals surface area contributed by atoms with Crippen LogP contribution in [0.25, 0.3) is 0 Å². The number of carbonyl (C=O) groups is 1. The van der Waals surface area contributed by atoms with Gasteiger partial charge in [0.05, 0.1) is 6.04 Å². The van der Waals surface area contributed by atoms with Gasteiger partial charge in [-0.2, -0.15) is 0 Å². The zero-order valence-electron chi connectivity index (χ0n) is 12.2. The van der Waals surface area contributed by atoms with Crippen molar-refractivity contribution in [3.63, 3.8) is 0 Å². The number of nitrogens with one attached hydrogen (secondary N) is 2. The third-order valence-electron chi connectivity index (χ3n) is 3.02. The molecule has 0 saturated heterocycles. The summed E-state index contributed by atoms with van der Waals surface area (Å²) in [6.07, 6.45) is 0.846. The maximum atomic E-state index is 11.8. The molecule has 1 aromatic heterocycles. The van der Waals surface area contributed by atoms with E-state index in [0.717, 1.165) is 13.0 Å². The van der Waals surface area contributed by atoms with Gasteiger partial charge in [-0.25, -0.2) is 0 Å². The topological polar surface area (TPSA) is 50.4 Å². The summed E-state index contributed by atoms with van der Waals surface area (Å²) in [7, 11) is 1.66. The van der Waals surface area contributed by atoms with Gasteiger partial charge < -0.3 is 15.4 Å². The summed E-state index contributed by atoms with van der Waals surface area (Å²) in [4.78, 5) is 14.4. The van der Waals surface area contributed by atoms with Crippen LogP contribution in [0.3, 0.4) is 0 Å². The lowest BCUT2D eigenvalue weighted by Gasteiger charge is -2.13. The van der Waals surface area contributed by atoms with Crippen LogP contribution >= 0.6 is 11.3 Å². The Hall–Kier alpha value is -0.910. The monoisotopic (exact) mass is 284 g/mol. The van der Waals surface area contributed by atoms with E-state index in [1.54, 1.807) is 18.4 Å². The van der Waals surface area contributed by atoms with Gasteiger partial charge in [-0.15, -0.1) is 11.3 Å². The average Bonchev–Trinajstić information content (AvgIpc) is 2.71. The van der Waals surface area contributed by atoms with Crippen LogP contribution in [-0.2, 0) is 16.1 Å². The van der Waals surface area contributed by atoms with Gasteiger partial charge in [-0.3, -0.25) is 4.79 Å². The first-order valence-electron chi connectivity index (χ1n) is 6.60. The highest BCUT2D eigenvalue weighted by Crippen LogP contribution is 2.20. The molecular weight excluding hydrogens is 260 g/mol. The van der Waals surface area contributed by atoms with E-state index in [0.29, 0.717) is 13.2 Å². The minimum atomic E-state index is -0.176. The molecule has 1 unspecified atom stereocenters. The van der Waals surface area contributed by atoms with Crippen molar-refractivity contribution >= 4 is 17.2 Å². The molecule has 0 bridgehead atoms. The van der Waals surface area contributed by atoms with Crippen LogP contribution in [0.5, 0.6) is 0 Å². The Morgan fingerprint density at radius 2 is 2.21 bits per heavy atom. The maximum Gasteiger partial charge on any atom is 0.236 e. The quantitative estimate of drug-likeness (QED) is 0.718. The molecule has 1 rings (SSSR count). The first kappa shape index (κ1) is 16.1. The molecule has 0 spiro atoms. The molecule has 1 atom stereocenters. The molecule has 0 saturated carbocycles. The van der Waals surface area contributed by atoms with Gasteiger partial charge in [-0.05, 0) is 38.8 Å². The van der Waals surface area contributed by atoms with Gasteiger partial charge in [0.2, 0.25) is 5.91 Å². The van der Waals surface area contributed by atoms with Crippen molar-refractivity contribution in [1.82, 2.24) is 10.6 Å². The van der Waals surface area contributed by atoms with E-state index < -0.39 is 0 Å². The predicted octanol–water partition coefficient (Wildman–Crippen LogP) is 2.00. The van der Waals surface area contributed by atoms with E-state index in [9.17, 15) is 4.79 Å². The average molecular weight is 284 g/mol. The fraction of sp³-hybridized carbons (Fsp3) is 0.643. The molecule has 0 aliphatic carbocycles. The number of aryl methyl sites for hydroxylation is 2. The van der Waals surface area contributed by atoms with E-state index in [4.69, 9.17) is 4.74 Å². The first-order chi connectivity index (χ1) is 9.04. The second-order valence-electron chi connectivity index (χ2n) is 4.69. The Balaban J connectivity index is 2.26. The van der Waals surface area contributed by atoms with E-state index in [1.807, 2.05) is 6.92 Å². The fourth-order valence-corrected chi connectivity index (χ4v) is 2.67. The van der Waals surface area contributed by atoms with Crippen molar-refractivity contribution in [3.05, 3.63) is 21.4 Å². The molecule has 5 heteroatoms. The van der Waals surface area contributed by atoms with Gasteiger partial charge in [0.15, 0.2) is 0 Å². The summed E-state index contributed by atoms with van der Waals surface area (Å²) in [5.41, 5.74) is 1.32. The molecular formula is C14H24N2O2S. The second-order valence-corrected chi connectivity index (χ2v) is 6.03. The highest BCUT2D eigenvalue weighted by molar-refractivity contribution is 7.12. The smallest absolute Gasteiger partial charge is 0.236 e. The number of rotatable bonds is 8. The normalized spacial score (nSPS) is 12.4. The van der Waals surface area contributed by atoms with Crippen LogP contribution in [0.2, 0.25) is 0 Å². The van der Waals surface area contributed by atoms with E-state index in [1.165, 1.54) is 15.3 Å². The molecule has 19 heavy (non-hydrogen) atoms. The Kier molecular flexibility index (Phi) is 7.05. The third-order valence-corrected chi connectivity index (χ3v) is 4.17. The fourth-order valence-electron chi connectivity index (χ4n) is 1.66. The van der Waals surface area contributed by atoms with Gasteiger partial charge in [-0.1, -0.05) is 0 Å². The van der Waals surface area contributed by atoms with Crippen molar-refractivity contribution in [2.24, 2.45) is 0 Å². The largest absolute Gasteiger partial charge is 0.385 e. The number of amides is 1. The number of hydrogen-bond acceptors (Lipinski definition) is 4. The molecule has 0 fully saturated rings. The molecule has 0 aromatic carbocycles. The Bertz CT molecular complexity index is 385. The molecule has 0 aliphatic heterocycles. The van der Waals surface area contributed by atoms with Crippen LogP contribution in [0.4, 0.5) is 0 Å². The summed E-state index contributed by atoms with van der Waals surface area (Å²) in [6, 6.07) is 2.00. The third kappa shape index (κ3) is 5.72. The molecule has 1 aromatic rings. The summed E-state index contributed by atoms with van der Waals surface area (Å²) in [5.74, 6) is 0.0427. The molecule has 1 heterocycles. The highest BCUT2D eigenvalue weighted by Gasteiger charge is 2.12. The Labute approximate surface area is 119 Å². The van der Waals surface area contributed by atoms with Crippen molar-refractivity contribution in [2.45, 2.75) is 39.8 Å². The number of thiophene rings is 1. The molecule has 0 radical (unpaired) electrons. The molecule has 108 valence electrons. The molecule has 4 nitrogen and oxygen atoms in total. The maximum absolute atomic E-state index is 11.8. The Morgan fingerprint density at radius 1 is 1.47 bits per heavy atom. The molecule has 0 aliphatic rings. The highest BCUT2D eigenvalue weighted by atomic mass is 32.1. The number of methoxy groups -OCH3 is 1. The van der Waals surface area contributed by atoms with Gasteiger partial charge in [0.1, 0.15) is 0 Å². The minimum absolute atomic E-state index is 0.0427. The van der Waals surface area contributed by atoms with Gasteiger partial charge in [0.25, 0.3) is 0 Å². The van der Waals surface area contributed by atoms with Gasteiger partial charge >= 0.3 is 0 Å². The standard InChI is InChI=1S/C14H24N2O2S/c1-10-8-13(19-12(10)3)9-16-11(2)14(17)15-6-5-7-18-4/h8,11,16H,5-7,9H2,1-4H3,(H,15,17). The first-order valence-corrected chi connectivity index (χ1v) is 7.42. The zero-order valence-corrected chi connectivity index (χ0v) is 13.0. The van der Waals surface area contributed by atoms with E-state index in [-0.39, 0.29) is 11.9 Å². The van der Waals surface area contributed by atoms with Crippen LogP contribution in [0.1, 0.15) is 28.7 Å². The molecule has 1 amide bonds. The summed E-state index contributed by atoms with van der Waals surface area (Å²) >= 11 is 1.78. The molecule has 2 N–H and O–H groups in total. The summed E-state index contributed by atoms with van der Waals surface area (Å²) in [5, 5.41) is 6.14.